The lowest BCUT2D eigenvalue weighted by atomic mass is 10.0. The standard InChI is InChI=1S/C12H19ClN4O/c1-14-12-15-7-10(13)11(16-12)18-8-9-5-3-4-6-17(9)2/h7,9H,3-6,8H2,1-2H3,(H,14,15,16). The highest BCUT2D eigenvalue weighted by molar-refractivity contribution is 6.31. The molecule has 0 radical (unpaired) electrons. The average Bonchev–Trinajstić information content (AvgIpc) is 2.39. The zero-order valence-corrected chi connectivity index (χ0v) is 11.6. The highest BCUT2D eigenvalue weighted by Crippen LogP contribution is 2.23. The molecular formula is C12H19ClN4O. The van der Waals surface area contributed by atoms with Crippen molar-refractivity contribution in [2.75, 3.05) is 32.6 Å². The molecule has 0 bridgehead atoms. The molecule has 0 amide bonds. The van der Waals surface area contributed by atoms with Crippen LogP contribution in [0.15, 0.2) is 6.20 Å². The maximum Gasteiger partial charge on any atom is 0.237 e. The Morgan fingerprint density at radius 1 is 1.56 bits per heavy atom. The molecule has 2 rings (SSSR count). The number of anilines is 1. The molecule has 6 heteroatoms. The Balaban J connectivity index is 1.96. The summed E-state index contributed by atoms with van der Waals surface area (Å²) >= 11 is 6.02. The van der Waals surface area contributed by atoms with E-state index in [1.807, 2.05) is 0 Å². The molecule has 1 aliphatic rings. The third-order valence-corrected chi connectivity index (χ3v) is 3.53. The lowest BCUT2D eigenvalue weighted by molar-refractivity contribution is 0.122. The van der Waals surface area contributed by atoms with E-state index < -0.39 is 0 Å². The van der Waals surface area contributed by atoms with Gasteiger partial charge in [-0.1, -0.05) is 18.0 Å². The maximum absolute atomic E-state index is 6.02. The van der Waals surface area contributed by atoms with Gasteiger partial charge in [0.1, 0.15) is 11.6 Å². The summed E-state index contributed by atoms with van der Waals surface area (Å²) in [6.07, 6.45) is 5.25. The zero-order valence-electron chi connectivity index (χ0n) is 10.8. The second-order valence-electron chi connectivity index (χ2n) is 4.54. The van der Waals surface area contributed by atoms with Gasteiger partial charge in [0.05, 0.1) is 6.20 Å². The Hall–Kier alpha value is -1.07. The van der Waals surface area contributed by atoms with Gasteiger partial charge >= 0.3 is 0 Å². The quantitative estimate of drug-likeness (QED) is 0.907. The predicted molar refractivity (Wildman–Crippen MR) is 72.4 cm³/mol. The molecule has 0 saturated carbocycles. The largest absolute Gasteiger partial charge is 0.475 e. The molecule has 2 heterocycles. The molecule has 1 N–H and O–H groups in total. The summed E-state index contributed by atoms with van der Waals surface area (Å²) in [6.45, 7) is 1.75. The van der Waals surface area contributed by atoms with E-state index in [1.165, 1.54) is 12.8 Å². The average molecular weight is 271 g/mol. The fraction of sp³-hybridized carbons (Fsp3) is 0.667. The minimum atomic E-state index is 0.447. The van der Waals surface area contributed by atoms with Crippen molar-refractivity contribution in [3.63, 3.8) is 0 Å². The Bertz CT molecular complexity index is 402. The third-order valence-electron chi connectivity index (χ3n) is 3.27. The number of hydrogen-bond donors (Lipinski definition) is 1. The van der Waals surface area contributed by atoms with Gasteiger partial charge in [-0.25, -0.2) is 4.98 Å². The van der Waals surface area contributed by atoms with Crippen molar-refractivity contribution in [3.8, 4) is 5.88 Å². The Morgan fingerprint density at radius 2 is 2.39 bits per heavy atom. The van der Waals surface area contributed by atoms with E-state index in [4.69, 9.17) is 16.3 Å². The Labute approximate surface area is 113 Å². The van der Waals surface area contributed by atoms with Gasteiger partial charge in [-0.15, -0.1) is 0 Å². The van der Waals surface area contributed by atoms with Crippen molar-refractivity contribution in [3.05, 3.63) is 11.2 Å². The van der Waals surface area contributed by atoms with E-state index in [1.54, 1.807) is 13.2 Å². The zero-order chi connectivity index (χ0) is 13.0. The van der Waals surface area contributed by atoms with Gasteiger partial charge in [-0.3, -0.25) is 0 Å². The van der Waals surface area contributed by atoms with Crippen LogP contribution in [0.5, 0.6) is 5.88 Å². The van der Waals surface area contributed by atoms with Gasteiger partial charge in [0, 0.05) is 13.1 Å². The van der Waals surface area contributed by atoms with Crippen LogP contribution in [0.2, 0.25) is 5.02 Å². The van der Waals surface area contributed by atoms with E-state index in [2.05, 4.69) is 27.2 Å². The monoisotopic (exact) mass is 270 g/mol. The van der Waals surface area contributed by atoms with E-state index in [0.29, 0.717) is 29.5 Å². The van der Waals surface area contributed by atoms with Crippen LogP contribution in [-0.2, 0) is 0 Å². The van der Waals surface area contributed by atoms with Crippen LogP contribution in [0.4, 0.5) is 5.95 Å². The van der Waals surface area contributed by atoms with Crippen LogP contribution in [0.1, 0.15) is 19.3 Å². The topological polar surface area (TPSA) is 50.3 Å². The van der Waals surface area contributed by atoms with Crippen molar-refractivity contribution in [2.24, 2.45) is 0 Å². The lowest BCUT2D eigenvalue weighted by Gasteiger charge is -2.32. The van der Waals surface area contributed by atoms with Crippen LogP contribution in [0.3, 0.4) is 0 Å². The molecule has 5 nitrogen and oxygen atoms in total. The number of ether oxygens (including phenoxy) is 1. The maximum atomic E-state index is 6.02. The molecule has 1 unspecified atom stereocenters. The second-order valence-corrected chi connectivity index (χ2v) is 4.95. The number of aromatic nitrogens is 2. The summed E-state index contributed by atoms with van der Waals surface area (Å²) in [7, 11) is 3.90. The van der Waals surface area contributed by atoms with Crippen molar-refractivity contribution < 1.29 is 4.74 Å². The number of nitrogens with zero attached hydrogens (tertiary/aromatic N) is 3. The van der Waals surface area contributed by atoms with Gasteiger partial charge < -0.3 is 15.0 Å². The number of piperidine rings is 1. The Kier molecular flexibility index (Phi) is 4.60. The molecule has 18 heavy (non-hydrogen) atoms. The van der Waals surface area contributed by atoms with Gasteiger partial charge in [0.15, 0.2) is 0 Å². The molecule has 1 fully saturated rings. The SMILES string of the molecule is CNc1ncc(Cl)c(OCC2CCCCN2C)n1. The summed E-state index contributed by atoms with van der Waals surface area (Å²) in [5.41, 5.74) is 0. The molecule has 1 aromatic heterocycles. The van der Waals surface area contributed by atoms with Crippen LogP contribution in [0, 0.1) is 0 Å². The van der Waals surface area contributed by atoms with Crippen LogP contribution in [-0.4, -0.2) is 48.2 Å². The molecule has 0 aliphatic carbocycles. The molecule has 1 saturated heterocycles. The van der Waals surface area contributed by atoms with Crippen molar-refractivity contribution >= 4 is 17.5 Å². The molecular weight excluding hydrogens is 252 g/mol. The lowest BCUT2D eigenvalue weighted by Crippen LogP contribution is -2.40. The summed E-state index contributed by atoms with van der Waals surface area (Å²) in [6, 6.07) is 0.447. The highest BCUT2D eigenvalue weighted by Gasteiger charge is 2.20. The molecule has 100 valence electrons. The number of nitrogens with one attached hydrogen (secondary N) is 1. The van der Waals surface area contributed by atoms with Gasteiger partial charge in [-0.2, -0.15) is 4.98 Å². The summed E-state index contributed by atoms with van der Waals surface area (Å²) in [4.78, 5) is 10.6. The van der Waals surface area contributed by atoms with E-state index in [9.17, 15) is 0 Å². The van der Waals surface area contributed by atoms with Gasteiger partial charge in [0.25, 0.3) is 0 Å². The van der Waals surface area contributed by atoms with Crippen LogP contribution < -0.4 is 10.1 Å². The van der Waals surface area contributed by atoms with Gasteiger partial charge in [-0.05, 0) is 26.4 Å². The number of rotatable bonds is 4. The number of halogens is 1. The first-order valence-corrected chi connectivity index (χ1v) is 6.62. The minimum absolute atomic E-state index is 0.447. The normalized spacial score (nSPS) is 20.7. The Morgan fingerprint density at radius 3 is 3.11 bits per heavy atom. The highest BCUT2D eigenvalue weighted by atomic mass is 35.5. The number of likely N-dealkylation sites (tertiary alicyclic amines) is 1. The van der Waals surface area contributed by atoms with E-state index >= 15 is 0 Å². The fourth-order valence-corrected chi connectivity index (χ4v) is 2.25. The van der Waals surface area contributed by atoms with Gasteiger partial charge in [0.2, 0.25) is 11.8 Å². The van der Waals surface area contributed by atoms with Crippen LogP contribution in [0.25, 0.3) is 0 Å². The molecule has 1 atom stereocenters. The molecule has 1 aromatic rings. The molecule has 0 aromatic carbocycles. The fourth-order valence-electron chi connectivity index (χ4n) is 2.10. The molecule has 0 spiro atoms. The van der Waals surface area contributed by atoms with E-state index in [-0.39, 0.29) is 0 Å². The number of hydrogen-bond acceptors (Lipinski definition) is 5. The summed E-state index contributed by atoms with van der Waals surface area (Å²) in [5, 5.41) is 3.32. The molecule has 1 aliphatic heterocycles. The summed E-state index contributed by atoms with van der Waals surface area (Å²) < 4.78 is 5.72. The van der Waals surface area contributed by atoms with Crippen molar-refractivity contribution in [1.29, 1.82) is 0 Å². The first-order valence-electron chi connectivity index (χ1n) is 6.24. The predicted octanol–water partition coefficient (Wildman–Crippen LogP) is 2.03. The minimum Gasteiger partial charge on any atom is -0.475 e. The first-order chi connectivity index (χ1) is 8.70. The van der Waals surface area contributed by atoms with Crippen molar-refractivity contribution in [1.82, 2.24) is 14.9 Å². The van der Waals surface area contributed by atoms with Crippen LogP contribution >= 0.6 is 11.6 Å². The summed E-state index contributed by atoms with van der Waals surface area (Å²) in [5.74, 6) is 0.974. The number of likely N-dealkylation sites (N-methyl/N-ethyl adjacent to an activating group) is 1. The first kappa shape index (κ1) is 13.4. The smallest absolute Gasteiger partial charge is 0.237 e. The second kappa shape index (κ2) is 6.20. The van der Waals surface area contributed by atoms with E-state index in [0.717, 1.165) is 13.0 Å². The third kappa shape index (κ3) is 3.23. The van der Waals surface area contributed by atoms with Crippen molar-refractivity contribution in [2.45, 2.75) is 25.3 Å².